The van der Waals surface area contributed by atoms with E-state index >= 15 is 0 Å². The van der Waals surface area contributed by atoms with Gasteiger partial charge in [-0.05, 0) is 42.2 Å². The van der Waals surface area contributed by atoms with Gasteiger partial charge in [-0.25, -0.2) is 0 Å². The van der Waals surface area contributed by atoms with Crippen molar-refractivity contribution in [2.75, 3.05) is 24.4 Å². The van der Waals surface area contributed by atoms with E-state index in [1.165, 1.54) is 7.11 Å². The second kappa shape index (κ2) is 7.62. The molecule has 2 amide bonds. The van der Waals surface area contributed by atoms with E-state index < -0.39 is 0 Å². The molecule has 2 N–H and O–H groups in total. The van der Waals surface area contributed by atoms with E-state index in [9.17, 15) is 9.59 Å². The first kappa shape index (κ1) is 16.1. The molecule has 7 nitrogen and oxygen atoms in total. The lowest BCUT2D eigenvalue weighted by atomic mass is 10.2. The van der Waals surface area contributed by atoms with E-state index in [2.05, 4.69) is 20.2 Å². The number of nitrogens with one attached hydrogen (secondary N) is 2. The molecule has 0 saturated carbocycles. The topological polar surface area (TPSA) is 93.2 Å². The second-order valence-electron chi connectivity index (χ2n) is 4.41. The first-order chi connectivity index (χ1) is 10.6. The van der Waals surface area contributed by atoms with Gasteiger partial charge in [0.2, 0.25) is 5.91 Å². The average Bonchev–Trinajstić information content (AvgIpc) is 2.98. The molecule has 0 aliphatic carbocycles. The van der Waals surface area contributed by atoms with E-state index in [4.69, 9.17) is 4.74 Å². The van der Waals surface area contributed by atoms with Crippen LogP contribution in [0, 0.1) is 0 Å². The molecule has 0 saturated heterocycles. The minimum atomic E-state index is -0.234. The van der Waals surface area contributed by atoms with Gasteiger partial charge < -0.3 is 15.4 Å². The standard InChI is InChI=1S/C14H16N4O3S/c1-3-11-13(22-18-17-11)14(20)16-10-6-4-9(5-7-10)15-12(19)8-21-2/h4-7H,3,8H2,1-2H3,(H,15,19)(H,16,20). The number of hydrogen-bond acceptors (Lipinski definition) is 6. The molecule has 0 aliphatic heterocycles. The molecule has 0 aliphatic rings. The predicted octanol–water partition coefficient (Wildman–Crippen LogP) is 1.94. The lowest BCUT2D eigenvalue weighted by Gasteiger charge is -2.07. The normalized spacial score (nSPS) is 10.3. The third kappa shape index (κ3) is 4.09. The van der Waals surface area contributed by atoms with Crippen LogP contribution in [-0.4, -0.2) is 35.1 Å². The van der Waals surface area contributed by atoms with Crippen LogP contribution >= 0.6 is 11.5 Å². The maximum Gasteiger partial charge on any atom is 0.269 e. The summed E-state index contributed by atoms with van der Waals surface area (Å²) in [5, 5.41) is 9.36. The molecular formula is C14H16N4O3S. The number of ether oxygens (including phenoxy) is 1. The molecule has 1 heterocycles. The summed E-state index contributed by atoms with van der Waals surface area (Å²) in [4.78, 5) is 24.0. The largest absolute Gasteiger partial charge is 0.375 e. The number of nitrogens with zero attached hydrogens (tertiary/aromatic N) is 2. The van der Waals surface area contributed by atoms with E-state index in [1.54, 1.807) is 24.3 Å². The average molecular weight is 320 g/mol. The Hall–Kier alpha value is -2.32. The van der Waals surface area contributed by atoms with Gasteiger partial charge in [0.05, 0.1) is 5.69 Å². The highest BCUT2D eigenvalue weighted by atomic mass is 32.1. The molecule has 1 aromatic heterocycles. The Morgan fingerprint density at radius 3 is 2.41 bits per heavy atom. The van der Waals surface area contributed by atoms with Gasteiger partial charge in [0.15, 0.2) is 0 Å². The van der Waals surface area contributed by atoms with Gasteiger partial charge in [0, 0.05) is 18.5 Å². The zero-order chi connectivity index (χ0) is 15.9. The fraction of sp³-hybridized carbons (Fsp3) is 0.286. The molecule has 116 valence electrons. The van der Waals surface area contributed by atoms with Crippen LogP contribution in [0.15, 0.2) is 24.3 Å². The van der Waals surface area contributed by atoms with Crippen molar-refractivity contribution >= 4 is 34.7 Å². The molecule has 8 heteroatoms. The molecule has 0 fully saturated rings. The van der Waals surface area contributed by atoms with Crippen LogP contribution in [0.4, 0.5) is 11.4 Å². The van der Waals surface area contributed by atoms with Crippen molar-refractivity contribution in [2.24, 2.45) is 0 Å². The lowest BCUT2D eigenvalue weighted by Crippen LogP contribution is -2.17. The van der Waals surface area contributed by atoms with Crippen molar-refractivity contribution in [3.05, 3.63) is 34.8 Å². The summed E-state index contributed by atoms with van der Waals surface area (Å²) >= 11 is 1.07. The van der Waals surface area contributed by atoms with Crippen LogP contribution in [0.25, 0.3) is 0 Å². The highest BCUT2D eigenvalue weighted by Gasteiger charge is 2.15. The quantitative estimate of drug-likeness (QED) is 0.848. The Morgan fingerprint density at radius 2 is 1.82 bits per heavy atom. The maximum absolute atomic E-state index is 12.1. The van der Waals surface area contributed by atoms with Crippen molar-refractivity contribution in [1.82, 2.24) is 9.59 Å². The molecule has 1 aromatic carbocycles. The molecule has 0 spiro atoms. The second-order valence-corrected chi connectivity index (χ2v) is 5.17. The van der Waals surface area contributed by atoms with Crippen molar-refractivity contribution in [3.63, 3.8) is 0 Å². The van der Waals surface area contributed by atoms with Crippen LogP contribution < -0.4 is 10.6 Å². The summed E-state index contributed by atoms with van der Waals surface area (Å²) in [6.07, 6.45) is 0.656. The summed E-state index contributed by atoms with van der Waals surface area (Å²) in [5.74, 6) is -0.467. The van der Waals surface area contributed by atoms with E-state index in [1.807, 2.05) is 6.92 Å². The fourth-order valence-corrected chi connectivity index (χ4v) is 2.41. The molecule has 0 bridgehead atoms. The zero-order valence-corrected chi connectivity index (χ0v) is 13.1. The van der Waals surface area contributed by atoms with Crippen LogP contribution in [0.5, 0.6) is 0 Å². The minimum Gasteiger partial charge on any atom is -0.375 e. The number of anilines is 2. The first-order valence-electron chi connectivity index (χ1n) is 6.65. The molecule has 0 unspecified atom stereocenters. The van der Waals surface area contributed by atoms with Gasteiger partial charge in [0.25, 0.3) is 5.91 Å². The summed E-state index contributed by atoms with van der Waals surface area (Å²) < 4.78 is 8.53. The number of carbonyl (C=O) groups is 2. The van der Waals surface area contributed by atoms with E-state index in [-0.39, 0.29) is 18.4 Å². The van der Waals surface area contributed by atoms with Gasteiger partial charge in [0.1, 0.15) is 11.5 Å². The Morgan fingerprint density at radius 1 is 1.18 bits per heavy atom. The van der Waals surface area contributed by atoms with Crippen molar-refractivity contribution in [1.29, 1.82) is 0 Å². The van der Waals surface area contributed by atoms with E-state index in [0.29, 0.717) is 28.4 Å². The number of aryl methyl sites for hydroxylation is 1. The van der Waals surface area contributed by atoms with Gasteiger partial charge in [-0.1, -0.05) is 11.4 Å². The highest BCUT2D eigenvalue weighted by molar-refractivity contribution is 7.08. The molecule has 2 rings (SSSR count). The fourth-order valence-electron chi connectivity index (χ4n) is 1.77. The predicted molar refractivity (Wildman–Crippen MR) is 84.2 cm³/mol. The number of methoxy groups -OCH3 is 1. The molecule has 0 atom stereocenters. The Bertz CT molecular complexity index is 654. The molecule has 2 aromatic rings. The third-order valence-corrected chi connectivity index (χ3v) is 3.57. The van der Waals surface area contributed by atoms with Crippen LogP contribution in [0.1, 0.15) is 22.3 Å². The maximum atomic E-state index is 12.1. The monoisotopic (exact) mass is 320 g/mol. The van der Waals surface area contributed by atoms with Gasteiger partial charge >= 0.3 is 0 Å². The van der Waals surface area contributed by atoms with Crippen molar-refractivity contribution < 1.29 is 14.3 Å². The van der Waals surface area contributed by atoms with Gasteiger partial charge in [-0.2, -0.15) is 0 Å². The third-order valence-electron chi connectivity index (χ3n) is 2.80. The summed E-state index contributed by atoms with van der Waals surface area (Å²) in [5.41, 5.74) is 1.95. The van der Waals surface area contributed by atoms with Gasteiger partial charge in [-0.15, -0.1) is 5.10 Å². The molecular weight excluding hydrogens is 304 g/mol. The summed E-state index contributed by atoms with van der Waals surface area (Å²) in [6, 6.07) is 6.82. The Kier molecular flexibility index (Phi) is 5.56. The van der Waals surface area contributed by atoms with Crippen molar-refractivity contribution in [3.8, 4) is 0 Å². The number of benzene rings is 1. The minimum absolute atomic E-state index is 0.00331. The van der Waals surface area contributed by atoms with Crippen LogP contribution in [0.3, 0.4) is 0 Å². The zero-order valence-electron chi connectivity index (χ0n) is 12.3. The molecule has 0 radical (unpaired) electrons. The SMILES string of the molecule is CCc1nnsc1C(=O)Nc1ccc(NC(=O)COC)cc1. The molecule has 22 heavy (non-hydrogen) atoms. The van der Waals surface area contributed by atoms with E-state index in [0.717, 1.165) is 11.5 Å². The summed E-state index contributed by atoms with van der Waals surface area (Å²) in [6.45, 7) is 1.92. The first-order valence-corrected chi connectivity index (χ1v) is 7.42. The number of hydrogen-bond donors (Lipinski definition) is 2. The summed E-state index contributed by atoms with van der Waals surface area (Å²) in [7, 11) is 1.46. The number of rotatable bonds is 6. The number of carbonyl (C=O) groups excluding carboxylic acids is 2. The Balaban J connectivity index is 1.99. The van der Waals surface area contributed by atoms with Gasteiger partial charge in [-0.3, -0.25) is 9.59 Å². The van der Waals surface area contributed by atoms with Crippen LogP contribution in [-0.2, 0) is 16.0 Å². The Labute approximate surface area is 131 Å². The smallest absolute Gasteiger partial charge is 0.269 e. The number of amides is 2. The lowest BCUT2D eigenvalue weighted by molar-refractivity contribution is -0.119. The number of aromatic nitrogens is 2. The van der Waals surface area contributed by atoms with Crippen LogP contribution in [0.2, 0.25) is 0 Å². The van der Waals surface area contributed by atoms with Crippen molar-refractivity contribution in [2.45, 2.75) is 13.3 Å². The highest BCUT2D eigenvalue weighted by Crippen LogP contribution is 2.17.